The molecule has 29 heavy (non-hydrogen) atoms. The first kappa shape index (κ1) is 25.4. The third-order valence-electron chi connectivity index (χ3n) is 4.42. The Labute approximate surface area is 173 Å². The van der Waals surface area contributed by atoms with E-state index in [-0.39, 0.29) is 6.42 Å². The Morgan fingerprint density at radius 3 is 1.45 bits per heavy atom. The molecular formula is C21H37NO7. The fourth-order valence-corrected chi connectivity index (χ4v) is 2.55. The molecule has 0 unspecified atom stereocenters. The highest BCUT2D eigenvalue weighted by atomic mass is 16.6. The van der Waals surface area contributed by atoms with Gasteiger partial charge in [0.1, 0.15) is 6.10 Å². The standard InChI is InChI=1S/C21H37NO7/c1-19(2,3)16(23)27-13-11-12(22-26-10)14(28-17(24)20(4,5)6)15(13)29-18(25)21(7,8)9/h12-15,22H,11H2,1-10H3/t12-,13+,14+,15+/m1/s1. The summed E-state index contributed by atoms with van der Waals surface area (Å²) in [7, 11) is 1.44. The van der Waals surface area contributed by atoms with Crippen molar-refractivity contribution in [3.8, 4) is 0 Å². The predicted molar refractivity (Wildman–Crippen MR) is 107 cm³/mol. The number of carbonyl (C=O) groups is 3. The highest BCUT2D eigenvalue weighted by Crippen LogP contribution is 2.34. The monoisotopic (exact) mass is 415 g/mol. The van der Waals surface area contributed by atoms with Crippen molar-refractivity contribution >= 4 is 17.9 Å². The van der Waals surface area contributed by atoms with Crippen molar-refractivity contribution < 1.29 is 33.4 Å². The molecule has 8 nitrogen and oxygen atoms in total. The highest BCUT2D eigenvalue weighted by Gasteiger charge is 2.52. The largest absolute Gasteiger partial charge is 0.458 e. The lowest BCUT2D eigenvalue weighted by molar-refractivity contribution is -0.189. The molecule has 0 aromatic carbocycles. The van der Waals surface area contributed by atoms with Crippen molar-refractivity contribution in [2.75, 3.05) is 7.11 Å². The van der Waals surface area contributed by atoms with E-state index in [2.05, 4.69) is 5.48 Å². The maximum atomic E-state index is 12.6. The van der Waals surface area contributed by atoms with Gasteiger partial charge in [-0.05, 0) is 62.3 Å². The summed E-state index contributed by atoms with van der Waals surface area (Å²) >= 11 is 0. The fraction of sp³-hybridized carbons (Fsp3) is 0.857. The number of nitrogens with one attached hydrogen (secondary N) is 1. The van der Waals surface area contributed by atoms with Gasteiger partial charge < -0.3 is 19.0 Å². The Kier molecular flexibility index (Phi) is 7.87. The predicted octanol–water partition coefficient (Wildman–Crippen LogP) is 2.78. The summed E-state index contributed by atoms with van der Waals surface area (Å²) in [5, 5.41) is 0. The lowest BCUT2D eigenvalue weighted by Crippen LogP contribution is -2.48. The summed E-state index contributed by atoms with van der Waals surface area (Å²) in [6, 6.07) is -0.512. The van der Waals surface area contributed by atoms with Crippen LogP contribution < -0.4 is 5.48 Å². The molecule has 0 aliphatic heterocycles. The van der Waals surface area contributed by atoms with Crippen molar-refractivity contribution in [3.05, 3.63) is 0 Å². The lowest BCUT2D eigenvalue weighted by Gasteiger charge is -2.31. The molecule has 1 rings (SSSR count). The van der Waals surface area contributed by atoms with E-state index in [1.54, 1.807) is 62.3 Å². The maximum absolute atomic E-state index is 12.6. The van der Waals surface area contributed by atoms with Crippen LogP contribution in [-0.2, 0) is 33.4 Å². The average molecular weight is 416 g/mol. The summed E-state index contributed by atoms with van der Waals surface area (Å²) in [5.74, 6) is -1.36. The molecule has 1 aliphatic rings. The van der Waals surface area contributed by atoms with E-state index < -0.39 is 58.5 Å². The van der Waals surface area contributed by atoms with Gasteiger partial charge in [-0.25, -0.2) is 0 Å². The first-order chi connectivity index (χ1) is 13.0. The Hall–Kier alpha value is -1.67. The fourth-order valence-electron chi connectivity index (χ4n) is 2.55. The van der Waals surface area contributed by atoms with Crippen molar-refractivity contribution in [1.29, 1.82) is 0 Å². The van der Waals surface area contributed by atoms with Gasteiger partial charge in [-0.15, -0.1) is 0 Å². The van der Waals surface area contributed by atoms with E-state index in [1.807, 2.05) is 0 Å². The first-order valence-electron chi connectivity index (χ1n) is 9.90. The molecule has 1 saturated carbocycles. The Bertz CT molecular complexity index is 610. The number of hydroxylamine groups is 1. The molecule has 0 radical (unpaired) electrons. The summed E-state index contributed by atoms with van der Waals surface area (Å²) < 4.78 is 17.1. The van der Waals surface area contributed by atoms with E-state index in [4.69, 9.17) is 19.0 Å². The zero-order chi connectivity index (χ0) is 22.8. The quantitative estimate of drug-likeness (QED) is 0.416. The molecule has 168 valence electrons. The zero-order valence-electron chi connectivity index (χ0n) is 19.4. The lowest BCUT2D eigenvalue weighted by atomic mass is 9.96. The molecule has 0 spiro atoms. The smallest absolute Gasteiger partial charge is 0.311 e. The van der Waals surface area contributed by atoms with E-state index in [1.165, 1.54) is 7.11 Å². The average Bonchev–Trinajstić information content (AvgIpc) is 2.82. The minimum absolute atomic E-state index is 0.264. The molecule has 0 aromatic rings. The molecule has 8 heteroatoms. The van der Waals surface area contributed by atoms with Crippen LogP contribution in [0.1, 0.15) is 68.7 Å². The molecule has 1 aliphatic carbocycles. The highest BCUT2D eigenvalue weighted by molar-refractivity contribution is 5.77. The van der Waals surface area contributed by atoms with Crippen LogP contribution in [0.4, 0.5) is 0 Å². The molecule has 0 bridgehead atoms. The molecule has 1 N–H and O–H groups in total. The number of carbonyl (C=O) groups excluding carboxylic acids is 3. The van der Waals surface area contributed by atoms with E-state index >= 15 is 0 Å². The van der Waals surface area contributed by atoms with Gasteiger partial charge in [-0.1, -0.05) is 0 Å². The van der Waals surface area contributed by atoms with Crippen LogP contribution in [0.15, 0.2) is 0 Å². The van der Waals surface area contributed by atoms with Gasteiger partial charge >= 0.3 is 17.9 Å². The topological polar surface area (TPSA) is 100 Å². The van der Waals surface area contributed by atoms with Crippen molar-refractivity contribution in [2.24, 2.45) is 16.2 Å². The van der Waals surface area contributed by atoms with Crippen LogP contribution in [0.3, 0.4) is 0 Å². The second kappa shape index (κ2) is 9.00. The molecule has 0 amide bonds. The van der Waals surface area contributed by atoms with Crippen LogP contribution in [0, 0.1) is 16.2 Å². The summed E-state index contributed by atoms with van der Waals surface area (Å²) in [5.41, 5.74) is 0.515. The van der Waals surface area contributed by atoms with Crippen molar-refractivity contribution in [2.45, 2.75) is 93.1 Å². The second-order valence-electron chi connectivity index (χ2n) is 10.6. The van der Waals surface area contributed by atoms with Crippen LogP contribution in [0.2, 0.25) is 0 Å². The van der Waals surface area contributed by atoms with Gasteiger partial charge in [0.05, 0.1) is 29.4 Å². The third kappa shape index (κ3) is 6.96. The van der Waals surface area contributed by atoms with Crippen LogP contribution in [-0.4, -0.2) is 49.4 Å². The molecule has 4 atom stereocenters. The van der Waals surface area contributed by atoms with Gasteiger partial charge in [-0.2, -0.15) is 5.48 Å². The molecule has 0 heterocycles. The van der Waals surface area contributed by atoms with E-state index in [9.17, 15) is 14.4 Å². The first-order valence-corrected chi connectivity index (χ1v) is 9.90. The number of hydrogen-bond donors (Lipinski definition) is 1. The molecule has 1 fully saturated rings. The van der Waals surface area contributed by atoms with Gasteiger partial charge in [0.2, 0.25) is 0 Å². The number of esters is 3. The van der Waals surface area contributed by atoms with Crippen LogP contribution >= 0.6 is 0 Å². The zero-order valence-corrected chi connectivity index (χ0v) is 19.4. The van der Waals surface area contributed by atoms with Gasteiger partial charge in [0.15, 0.2) is 12.2 Å². The van der Waals surface area contributed by atoms with E-state index in [0.717, 1.165) is 0 Å². The van der Waals surface area contributed by atoms with Crippen LogP contribution in [0.25, 0.3) is 0 Å². The number of rotatable bonds is 5. The summed E-state index contributed by atoms with van der Waals surface area (Å²) in [6.45, 7) is 15.6. The van der Waals surface area contributed by atoms with Crippen molar-refractivity contribution in [3.63, 3.8) is 0 Å². The minimum Gasteiger partial charge on any atom is -0.458 e. The Balaban J connectivity index is 3.23. The van der Waals surface area contributed by atoms with Gasteiger partial charge in [0, 0.05) is 6.42 Å². The normalized spacial score (nSPS) is 25.4. The number of hydrogen-bond acceptors (Lipinski definition) is 8. The summed E-state index contributed by atoms with van der Waals surface area (Å²) in [6.07, 6.45) is -2.34. The summed E-state index contributed by atoms with van der Waals surface area (Å²) in [4.78, 5) is 42.7. The van der Waals surface area contributed by atoms with Gasteiger partial charge in [0.25, 0.3) is 0 Å². The Morgan fingerprint density at radius 2 is 1.07 bits per heavy atom. The minimum atomic E-state index is -0.952. The maximum Gasteiger partial charge on any atom is 0.311 e. The molecular weight excluding hydrogens is 378 g/mol. The number of ether oxygens (including phenoxy) is 3. The Morgan fingerprint density at radius 1 is 0.690 bits per heavy atom. The van der Waals surface area contributed by atoms with E-state index in [0.29, 0.717) is 0 Å². The van der Waals surface area contributed by atoms with Crippen molar-refractivity contribution in [1.82, 2.24) is 5.48 Å². The van der Waals surface area contributed by atoms with Crippen LogP contribution in [0.5, 0.6) is 0 Å². The molecule has 0 saturated heterocycles. The SMILES string of the molecule is CON[C@@H]1C[C@H](OC(=O)C(C)(C)C)[C@H](OC(=O)C(C)(C)C)[C@H]1OC(=O)C(C)(C)C. The molecule has 0 aromatic heterocycles. The third-order valence-corrected chi connectivity index (χ3v) is 4.42. The van der Waals surface area contributed by atoms with Gasteiger partial charge in [-0.3, -0.25) is 14.4 Å². The second-order valence-corrected chi connectivity index (χ2v) is 10.6.